The van der Waals surface area contributed by atoms with Crippen LogP contribution in [0.25, 0.3) is 0 Å². The predicted octanol–water partition coefficient (Wildman–Crippen LogP) is 3.55. The Bertz CT molecular complexity index is 806. The van der Waals surface area contributed by atoms with Gasteiger partial charge in [0.1, 0.15) is 5.69 Å². The van der Waals surface area contributed by atoms with E-state index in [0.717, 1.165) is 12.2 Å². The highest BCUT2D eigenvalue weighted by Crippen LogP contribution is 2.24. The van der Waals surface area contributed by atoms with Gasteiger partial charge in [-0.15, -0.1) is 0 Å². The van der Waals surface area contributed by atoms with Gasteiger partial charge < -0.3 is 25.1 Å². The van der Waals surface area contributed by atoms with E-state index in [4.69, 9.17) is 4.74 Å². The summed E-state index contributed by atoms with van der Waals surface area (Å²) >= 11 is 0. The lowest BCUT2D eigenvalue weighted by atomic mass is 10.2. The van der Waals surface area contributed by atoms with E-state index in [0.29, 0.717) is 17.4 Å². The van der Waals surface area contributed by atoms with Crippen molar-refractivity contribution in [2.45, 2.75) is 33.7 Å². The van der Waals surface area contributed by atoms with Crippen LogP contribution in [-0.2, 0) is 4.79 Å². The van der Waals surface area contributed by atoms with Crippen molar-refractivity contribution in [3.8, 4) is 5.75 Å². The SMILES string of the molecule is CCN(c1ccc(NC(=O)COc2ccc(C)nc2[N+](=O)[O-])cc1)C(C)C. The number of aryl methyl sites for hydroxylation is 1. The number of anilines is 2. The quantitative estimate of drug-likeness (QED) is 0.562. The summed E-state index contributed by atoms with van der Waals surface area (Å²) in [5.41, 5.74) is 2.20. The molecule has 1 aromatic heterocycles. The predicted molar refractivity (Wildman–Crippen MR) is 104 cm³/mol. The number of aromatic nitrogens is 1. The molecular formula is C19H24N4O4. The largest absolute Gasteiger partial charge is 0.476 e. The molecule has 0 spiro atoms. The van der Waals surface area contributed by atoms with Crippen molar-refractivity contribution < 1.29 is 14.5 Å². The number of carbonyl (C=O) groups excluding carboxylic acids is 1. The van der Waals surface area contributed by atoms with Crippen molar-refractivity contribution in [3.63, 3.8) is 0 Å². The third-order valence-electron chi connectivity index (χ3n) is 3.96. The zero-order valence-corrected chi connectivity index (χ0v) is 15.9. The molecule has 0 radical (unpaired) electrons. The van der Waals surface area contributed by atoms with Crippen LogP contribution in [0, 0.1) is 17.0 Å². The maximum absolute atomic E-state index is 12.1. The average Bonchev–Trinajstić information content (AvgIpc) is 2.62. The third kappa shape index (κ3) is 5.40. The summed E-state index contributed by atoms with van der Waals surface area (Å²) in [7, 11) is 0. The number of nitrogens with zero attached hydrogens (tertiary/aromatic N) is 3. The smallest absolute Gasteiger partial charge is 0.406 e. The van der Waals surface area contributed by atoms with Gasteiger partial charge in [-0.3, -0.25) is 4.79 Å². The molecule has 1 amide bonds. The van der Waals surface area contributed by atoms with Crippen molar-refractivity contribution in [2.24, 2.45) is 0 Å². The minimum absolute atomic E-state index is 0.0355. The first-order chi connectivity index (χ1) is 12.8. The summed E-state index contributed by atoms with van der Waals surface area (Å²) in [6.07, 6.45) is 0. The van der Waals surface area contributed by atoms with Crippen LogP contribution in [0.1, 0.15) is 26.5 Å². The Hall–Kier alpha value is -3.16. The van der Waals surface area contributed by atoms with Gasteiger partial charge in [0.2, 0.25) is 5.75 Å². The molecule has 0 aliphatic rings. The zero-order chi connectivity index (χ0) is 20.0. The number of rotatable bonds is 8. The van der Waals surface area contributed by atoms with Gasteiger partial charge in [0.05, 0.1) is 0 Å². The zero-order valence-electron chi connectivity index (χ0n) is 15.9. The van der Waals surface area contributed by atoms with E-state index in [1.807, 2.05) is 24.3 Å². The number of amides is 1. The minimum Gasteiger partial charge on any atom is -0.476 e. The molecule has 8 nitrogen and oxygen atoms in total. The molecule has 0 bridgehead atoms. The summed E-state index contributed by atoms with van der Waals surface area (Å²) in [5, 5.41) is 13.7. The van der Waals surface area contributed by atoms with Gasteiger partial charge in [-0.2, -0.15) is 0 Å². The molecule has 2 rings (SSSR count). The Morgan fingerprint density at radius 1 is 1.26 bits per heavy atom. The molecule has 27 heavy (non-hydrogen) atoms. The van der Waals surface area contributed by atoms with Crippen molar-refractivity contribution in [2.75, 3.05) is 23.4 Å². The Kier molecular flexibility index (Phi) is 6.70. The molecule has 8 heteroatoms. The molecule has 0 fully saturated rings. The number of hydrogen-bond donors (Lipinski definition) is 1. The van der Waals surface area contributed by atoms with Gasteiger partial charge in [0, 0.05) is 30.9 Å². The van der Waals surface area contributed by atoms with Gasteiger partial charge >= 0.3 is 5.82 Å². The summed E-state index contributed by atoms with van der Waals surface area (Å²) in [6.45, 7) is 8.52. The van der Waals surface area contributed by atoms with Crippen LogP contribution in [0.3, 0.4) is 0 Å². The molecule has 0 unspecified atom stereocenters. The second-order valence-electron chi connectivity index (χ2n) is 6.29. The number of benzene rings is 1. The van der Waals surface area contributed by atoms with Crippen molar-refractivity contribution >= 4 is 23.1 Å². The van der Waals surface area contributed by atoms with Crippen LogP contribution in [0.5, 0.6) is 5.75 Å². The van der Waals surface area contributed by atoms with E-state index in [-0.39, 0.29) is 12.4 Å². The van der Waals surface area contributed by atoms with E-state index in [1.54, 1.807) is 13.0 Å². The number of carbonyl (C=O) groups is 1. The van der Waals surface area contributed by atoms with Crippen LogP contribution >= 0.6 is 0 Å². The molecule has 1 aromatic carbocycles. The highest BCUT2D eigenvalue weighted by atomic mass is 16.6. The number of nitrogens with one attached hydrogen (secondary N) is 1. The molecule has 0 saturated carbocycles. The molecule has 2 aromatic rings. The highest BCUT2D eigenvalue weighted by molar-refractivity contribution is 5.92. The molecule has 0 saturated heterocycles. The first kappa shape index (κ1) is 20.2. The van der Waals surface area contributed by atoms with Gasteiger partial charge in [0.25, 0.3) is 5.91 Å². The lowest BCUT2D eigenvalue weighted by molar-refractivity contribution is -0.390. The maximum atomic E-state index is 12.1. The first-order valence-corrected chi connectivity index (χ1v) is 8.73. The van der Waals surface area contributed by atoms with Crippen molar-refractivity contribution in [1.82, 2.24) is 4.98 Å². The molecule has 1 heterocycles. The lowest BCUT2D eigenvalue weighted by Crippen LogP contribution is -2.30. The van der Waals surface area contributed by atoms with Gasteiger partial charge in [0.15, 0.2) is 6.61 Å². The third-order valence-corrected chi connectivity index (χ3v) is 3.96. The Morgan fingerprint density at radius 2 is 1.93 bits per heavy atom. The average molecular weight is 372 g/mol. The van der Waals surface area contributed by atoms with E-state index >= 15 is 0 Å². The number of pyridine rings is 1. The summed E-state index contributed by atoms with van der Waals surface area (Å²) < 4.78 is 5.27. The highest BCUT2D eigenvalue weighted by Gasteiger charge is 2.18. The van der Waals surface area contributed by atoms with Crippen molar-refractivity contribution in [1.29, 1.82) is 0 Å². The monoisotopic (exact) mass is 372 g/mol. The second kappa shape index (κ2) is 8.98. The summed E-state index contributed by atoms with van der Waals surface area (Å²) in [6, 6.07) is 10.9. The van der Waals surface area contributed by atoms with E-state index < -0.39 is 16.6 Å². The Morgan fingerprint density at radius 3 is 2.48 bits per heavy atom. The van der Waals surface area contributed by atoms with E-state index in [1.165, 1.54) is 6.07 Å². The number of ether oxygens (including phenoxy) is 1. The first-order valence-electron chi connectivity index (χ1n) is 8.73. The fraction of sp³-hybridized carbons (Fsp3) is 0.368. The van der Waals surface area contributed by atoms with Gasteiger partial charge in [-0.25, -0.2) is 0 Å². The van der Waals surface area contributed by atoms with Crippen LogP contribution in [0.2, 0.25) is 0 Å². The number of hydrogen-bond acceptors (Lipinski definition) is 6. The molecule has 1 N–H and O–H groups in total. The fourth-order valence-electron chi connectivity index (χ4n) is 2.70. The van der Waals surface area contributed by atoms with Gasteiger partial charge in [-0.05, 0) is 67.1 Å². The Labute approximate surface area is 158 Å². The van der Waals surface area contributed by atoms with Crippen LogP contribution in [-0.4, -0.2) is 35.0 Å². The normalized spacial score (nSPS) is 10.6. The van der Waals surface area contributed by atoms with Crippen LogP contribution in [0.4, 0.5) is 17.2 Å². The molecule has 0 aliphatic carbocycles. The molecule has 0 aliphatic heterocycles. The standard InChI is InChI=1S/C19H24N4O4/c1-5-22(13(2)3)16-9-7-15(8-10-16)21-18(24)12-27-17-11-6-14(4)20-19(17)23(25)26/h6-11,13H,5,12H2,1-4H3,(H,21,24). The van der Waals surface area contributed by atoms with Gasteiger partial charge in [-0.1, -0.05) is 0 Å². The number of nitro groups is 1. The second-order valence-corrected chi connectivity index (χ2v) is 6.29. The lowest BCUT2D eigenvalue weighted by Gasteiger charge is -2.27. The minimum atomic E-state index is -0.632. The summed E-state index contributed by atoms with van der Waals surface area (Å²) in [5.74, 6) is -0.846. The maximum Gasteiger partial charge on any atom is 0.406 e. The van der Waals surface area contributed by atoms with Crippen LogP contribution < -0.4 is 15.0 Å². The van der Waals surface area contributed by atoms with Crippen LogP contribution in [0.15, 0.2) is 36.4 Å². The summed E-state index contributed by atoms with van der Waals surface area (Å²) in [4.78, 5) is 28.5. The van der Waals surface area contributed by atoms with E-state index in [9.17, 15) is 14.9 Å². The Balaban J connectivity index is 1.98. The topological polar surface area (TPSA) is 97.6 Å². The van der Waals surface area contributed by atoms with Crippen molar-refractivity contribution in [3.05, 3.63) is 52.2 Å². The fourth-order valence-corrected chi connectivity index (χ4v) is 2.70. The molecular weight excluding hydrogens is 348 g/mol. The van der Waals surface area contributed by atoms with E-state index in [2.05, 4.69) is 36.0 Å². The molecule has 0 atom stereocenters. The molecule has 144 valence electrons.